The fourth-order valence-corrected chi connectivity index (χ4v) is 3.77. The van der Waals surface area contributed by atoms with E-state index in [9.17, 15) is 4.79 Å². The summed E-state index contributed by atoms with van der Waals surface area (Å²) in [6, 6.07) is 7.92. The van der Waals surface area contributed by atoms with Crippen molar-refractivity contribution in [1.82, 2.24) is 4.98 Å². The van der Waals surface area contributed by atoms with E-state index in [-0.39, 0.29) is 17.9 Å². The van der Waals surface area contributed by atoms with Gasteiger partial charge >= 0.3 is 0 Å². The topological polar surface area (TPSA) is 77.2 Å². The summed E-state index contributed by atoms with van der Waals surface area (Å²) in [5.74, 6) is 0.861. The normalized spacial score (nSPS) is 20.5. The number of amides is 1. The van der Waals surface area contributed by atoms with Crippen LogP contribution in [0.15, 0.2) is 24.3 Å². The van der Waals surface area contributed by atoms with Crippen LogP contribution in [-0.2, 0) is 4.79 Å². The van der Waals surface area contributed by atoms with Gasteiger partial charge < -0.3 is 15.8 Å². The van der Waals surface area contributed by atoms with Crippen LogP contribution in [-0.4, -0.2) is 24.0 Å². The standard InChI is InChI=1S/C17H21N3O2S/c1-10-15(11-4-7-14(22-2)8-5-11)19-17(23-10)20-16(21)12-3-6-13(18)9-12/h4-5,7-8,12-13H,3,6,9,18H2,1-2H3,(H,19,20,21). The molecule has 0 aliphatic heterocycles. The van der Waals surface area contributed by atoms with Crippen molar-refractivity contribution in [2.45, 2.75) is 32.2 Å². The lowest BCUT2D eigenvalue weighted by Crippen LogP contribution is -2.23. The third kappa shape index (κ3) is 3.54. The molecule has 1 aromatic heterocycles. The molecular formula is C17H21N3O2S. The number of hydrogen-bond donors (Lipinski definition) is 2. The summed E-state index contributed by atoms with van der Waals surface area (Å²) in [6.07, 6.45) is 2.55. The molecule has 1 aliphatic rings. The van der Waals surface area contributed by atoms with Crippen LogP contribution in [0.25, 0.3) is 11.3 Å². The zero-order chi connectivity index (χ0) is 16.4. The highest BCUT2D eigenvalue weighted by Crippen LogP contribution is 2.32. The molecule has 6 heteroatoms. The lowest BCUT2D eigenvalue weighted by molar-refractivity contribution is -0.119. The molecule has 3 N–H and O–H groups in total. The number of nitrogens with two attached hydrogens (primary N) is 1. The summed E-state index contributed by atoms with van der Waals surface area (Å²) in [7, 11) is 1.64. The average molecular weight is 331 g/mol. The third-order valence-corrected chi connectivity index (χ3v) is 5.12. The Balaban J connectivity index is 1.73. The minimum absolute atomic E-state index is 0.0126. The first-order valence-electron chi connectivity index (χ1n) is 7.75. The van der Waals surface area contributed by atoms with E-state index in [1.165, 1.54) is 11.3 Å². The molecule has 1 amide bonds. The number of hydrogen-bond acceptors (Lipinski definition) is 5. The number of methoxy groups -OCH3 is 1. The zero-order valence-corrected chi connectivity index (χ0v) is 14.2. The maximum atomic E-state index is 12.3. The first-order valence-corrected chi connectivity index (χ1v) is 8.56. The van der Waals surface area contributed by atoms with Crippen molar-refractivity contribution in [2.24, 2.45) is 11.7 Å². The number of rotatable bonds is 4. The molecule has 0 saturated heterocycles. The maximum Gasteiger partial charge on any atom is 0.229 e. The summed E-state index contributed by atoms with van der Waals surface area (Å²) >= 11 is 1.50. The van der Waals surface area contributed by atoms with Gasteiger partial charge in [0.2, 0.25) is 5.91 Å². The molecule has 23 heavy (non-hydrogen) atoms. The number of nitrogens with one attached hydrogen (secondary N) is 1. The Morgan fingerprint density at radius 3 is 2.70 bits per heavy atom. The molecule has 3 rings (SSSR count). The minimum Gasteiger partial charge on any atom is -0.497 e. The fourth-order valence-electron chi connectivity index (χ4n) is 2.93. The van der Waals surface area contributed by atoms with Gasteiger partial charge in [-0.3, -0.25) is 4.79 Å². The van der Waals surface area contributed by atoms with E-state index in [0.29, 0.717) is 5.13 Å². The Kier molecular flexibility index (Phi) is 4.63. The molecule has 1 heterocycles. The molecule has 2 unspecified atom stereocenters. The van der Waals surface area contributed by atoms with Crippen molar-refractivity contribution < 1.29 is 9.53 Å². The van der Waals surface area contributed by atoms with Crippen LogP contribution in [0.2, 0.25) is 0 Å². The molecule has 1 aliphatic carbocycles. The van der Waals surface area contributed by atoms with Gasteiger partial charge in [-0.25, -0.2) is 4.98 Å². The second-order valence-electron chi connectivity index (χ2n) is 5.91. The highest BCUT2D eigenvalue weighted by Gasteiger charge is 2.28. The smallest absolute Gasteiger partial charge is 0.229 e. The highest BCUT2D eigenvalue weighted by atomic mass is 32.1. The van der Waals surface area contributed by atoms with Crippen LogP contribution in [0, 0.1) is 12.8 Å². The van der Waals surface area contributed by atoms with Crippen molar-refractivity contribution in [3.63, 3.8) is 0 Å². The predicted octanol–water partition coefficient (Wildman–Crippen LogP) is 3.19. The Hall–Kier alpha value is -1.92. The predicted molar refractivity (Wildman–Crippen MR) is 92.8 cm³/mol. The molecule has 1 aromatic carbocycles. The van der Waals surface area contributed by atoms with Crippen molar-refractivity contribution in [3.05, 3.63) is 29.1 Å². The number of anilines is 1. The Morgan fingerprint density at radius 2 is 2.09 bits per heavy atom. The summed E-state index contributed by atoms with van der Waals surface area (Å²) in [5.41, 5.74) is 7.80. The van der Waals surface area contributed by atoms with Gasteiger partial charge in [-0.05, 0) is 50.5 Å². The molecule has 2 atom stereocenters. The van der Waals surface area contributed by atoms with E-state index in [0.717, 1.165) is 41.1 Å². The second-order valence-corrected chi connectivity index (χ2v) is 7.11. The van der Waals surface area contributed by atoms with Crippen molar-refractivity contribution >= 4 is 22.4 Å². The first kappa shape index (κ1) is 16.0. The maximum absolute atomic E-state index is 12.3. The number of benzene rings is 1. The highest BCUT2D eigenvalue weighted by molar-refractivity contribution is 7.16. The average Bonchev–Trinajstić information content (AvgIpc) is 3.13. The van der Waals surface area contributed by atoms with E-state index >= 15 is 0 Å². The van der Waals surface area contributed by atoms with Gasteiger partial charge in [-0.1, -0.05) is 0 Å². The second kappa shape index (κ2) is 6.68. The zero-order valence-electron chi connectivity index (χ0n) is 13.3. The fraction of sp³-hybridized carbons (Fsp3) is 0.412. The summed E-state index contributed by atoms with van der Waals surface area (Å²) < 4.78 is 5.17. The molecule has 5 nitrogen and oxygen atoms in total. The summed E-state index contributed by atoms with van der Waals surface area (Å²) in [5, 5.41) is 3.60. The lowest BCUT2D eigenvalue weighted by Gasteiger charge is -2.08. The van der Waals surface area contributed by atoms with E-state index < -0.39 is 0 Å². The SMILES string of the molecule is COc1ccc(-c2nc(NC(=O)C3CCC(N)C3)sc2C)cc1. The van der Waals surface area contributed by atoms with Gasteiger partial charge in [0.15, 0.2) is 5.13 Å². The number of aryl methyl sites for hydroxylation is 1. The van der Waals surface area contributed by atoms with Gasteiger partial charge in [0, 0.05) is 22.4 Å². The first-order chi connectivity index (χ1) is 11.1. The monoisotopic (exact) mass is 331 g/mol. The van der Waals surface area contributed by atoms with Gasteiger partial charge in [-0.2, -0.15) is 0 Å². The molecular weight excluding hydrogens is 310 g/mol. The van der Waals surface area contributed by atoms with E-state index in [2.05, 4.69) is 10.3 Å². The number of thiazole rings is 1. The van der Waals surface area contributed by atoms with Crippen molar-refractivity contribution in [1.29, 1.82) is 0 Å². The largest absolute Gasteiger partial charge is 0.497 e. The lowest BCUT2D eigenvalue weighted by atomic mass is 10.1. The van der Waals surface area contributed by atoms with E-state index in [1.807, 2.05) is 31.2 Å². The van der Waals surface area contributed by atoms with Crippen LogP contribution in [0.1, 0.15) is 24.1 Å². The van der Waals surface area contributed by atoms with Gasteiger partial charge in [-0.15, -0.1) is 11.3 Å². The van der Waals surface area contributed by atoms with Crippen LogP contribution in [0.4, 0.5) is 5.13 Å². The van der Waals surface area contributed by atoms with Crippen molar-refractivity contribution in [3.8, 4) is 17.0 Å². The van der Waals surface area contributed by atoms with Crippen LogP contribution in [0.5, 0.6) is 5.75 Å². The number of nitrogens with zero attached hydrogens (tertiary/aromatic N) is 1. The van der Waals surface area contributed by atoms with Crippen LogP contribution in [0.3, 0.4) is 0 Å². The molecule has 0 spiro atoms. The number of carbonyl (C=O) groups is 1. The third-order valence-electron chi connectivity index (χ3n) is 4.23. The minimum atomic E-state index is 0.0126. The van der Waals surface area contributed by atoms with Gasteiger partial charge in [0.05, 0.1) is 12.8 Å². The van der Waals surface area contributed by atoms with Crippen LogP contribution < -0.4 is 15.8 Å². The number of carbonyl (C=O) groups excluding carboxylic acids is 1. The quantitative estimate of drug-likeness (QED) is 0.902. The Morgan fingerprint density at radius 1 is 1.35 bits per heavy atom. The molecule has 1 fully saturated rings. The number of aromatic nitrogens is 1. The molecule has 2 aromatic rings. The molecule has 1 saturated carbocycles. The van der Waals surface area contributed by atoms with Crippen molar-refractivity contribution in [2.75, 3.05) is 12.4 Å². The number of ether oxygens (including phenoxy) is 1. The van der Waals surface area contributed by atoms with E-state index in [4.69, 9.17) is 10.5 Å². The van der Waals surface area contributed by atoms with Gasteiger partial charge in [0.1, 0.15) is 5.75 Å². The summed E-state index contributed by atoms with van der Waals surface area (Å²) in [4.78, 5) is 17.9. The van der Waals surface area contributed by atoms with Crippen LogP contribution >= 0.6 is 11.3 Å². The summed E-state index contributed by atoms with van der Waals surface area (Å²) in [6.45, 7) is 2.01. The molecule has 0 bridgehead atoms. The van der Waals surface area contributed by atoms with Gasteiger partial charge in [0.25, 0.3) is 0 Å². The Labute approximate surface area is 139 Å². The Bertz CT molecular complexity index is 696. The van der Waals surface area contributed by atoms with E-state index in [1.54, 1.807) is 7.11 Å². The molecule has 122 valence electrons. The molecule has 0 radical (unpaired) electrons.